The van der Waals surface area contributed by atoms with Crippen molar-refractivity contribution in [2.75, 3.05) is 19.4 Å². The van der Waals surface area contributed by atoms with E-state index in [4.69, 9.17) is 13.8 Å². The van der Waals surface area contributed by atoms with Gasteiger partial charge in [-0.2, -0.15) is 0 Å². The maximum Gasteiger partial charge on any atom is 0.407 e. The minimum atomic E-state index is -3.34. The molecule has 0 fully saturated rings. The maximum atomic E-state index is 12.4. The molecule has 0 aliphatic carbocycles. The largest absolute Gasteiger partial charge is 0.444 e. The van der Waals surface area contributed by atoms with Gasteiger partial charge in [-0.15, -0.1) is 5.10 Å². The summed E-state index contributed by atoms with van der Waals surface area (Å²) in [6.07, 6.45) is -0.0962. The number of aliphatic hydroxyl groups is 1. The van der Waals surface area contributed by atoms with Gasteiger partial charge >= 0.3 is 13.7 Å². The van der Waals surface area contributed by atoms with Crippen LogP contribution in [0, 0.1) is 0 Å². The van der Waals surface area contributed by atoms with Crippen LogP contribution in [-0.4, -0.2) is 57.3 Å². The zero-order valence-electron chi connectivity index (χ0n) is 16.0. The van der Waals surface area contributed by atoms with Gasteiger partial charge < -0.3 is 24.2 Å². The van der Waals surface area contributed by atoms with Gasteiger partial charge in [-0.3, -0.25) is 4.57 Å². The number of amides is 1. The minimum Gasteiger partial charge on any atom is -0.444 e. The van der Waals surface area contributed by atoms with Crippen LogP contribution >= 0.6 is 7.60 Å². The van der Waals surface area contributed by atoms with Gasteiger partial charge in [-0.25, -0.2) is 9.48 Å². The van der Waals surface area contributed by atoms with Crippen molar-refractivity contribution in [1.82, 2.24) is 20.3 Å². The molecule has 0 aromatic carbocycles. The van der Waals surface area contributed by atoms with Crippen molar-refractivity contribution in [2.24, 2.45) is 0 Å². The van der Waals surface area contributed by atoms with Gasteiger partial charge in [0.25, 0.3) is 0 Å². The normalized spacial score (nSPS) is 13.5. The zero-order valence-corrected chi connectivity index (χ0v) is 16.9. The molecule has 150 valence electrons. The molecule has 1 aromatic heterocycles. The first-order chi connectivity index (χ1) is 12.1. The zero-order chi connectivity index (χ0) is 19.8. The van der Waals surface area contributed by atoms with Crippen molar-refractivity contribution >= 4 is 13.7 Å². The molecule has 26 heavy (non-hydrogen) atoms. The summed E-state index contributed by atoms with van der Waals surface area (Å²) < 4.78 is 29.2. The fourth-order valence-corrected chi connectivity index (χ4v) is 3.76. The van der Waals surface area contributed by atoms with Crippen molar-refractivity contribution in [3.8, 4) is 0 Å². The van der Waals surface area contributed by atoms with Gasteiger partial charge in [0.1, 0.15) is 11.3 Å². The lowest BCUT2D eigenvalue weighted by Crippen LogP contribution is -2.32. The van der Waals surface area contributed by atoms with Gasteiger partial charge in [0.15, 0.2) is 0 Å². The summed E-state index contributed by atoms with van der Waals surface area (Å²) in [6.45, 7) is 9.40. The SMILES string of the molecule is CCOP(=O)(CC(O)Cn1cc(CNC(=O)OC(C)(C)C)nn1)OCC. The molecule has 0 bridgehead atoms. The summed E-state index contributed by atoms with van der Waals surface area (Å²) in [5.41, 5.74) is -0.0817. The van der Waals surface area contributed by atoms with Gasteiger partial charge in [0.05, 0.1) is 44.8 Å². The molecular weight excluding hydrogens is 363 g/mol. The lowest BCUT2D eigenvalue weighted by molar-refractivity contribution is 0.0522. The van der Waals surface area contributed by atoms with Gasteiger partial charge in [-0.05, 0) is 34.6 Å². The van der Waals surface area contributed by atoms with Crippen LogP contribution in [0.1, 0.15) is 40.3 Å². The summed E-state index contributed by atoms with van der Waals surface area (Å²) in [5, 5.41) is 20.5. The first-order valence-electron chi connectivity index (χ1n) is 8.49. The smallest absolute Gasteiger partial charge is 0.407 e. The number of nitrogens with one attached hydrogen (secondary N) is 1. The molecule has 10 nitrogen and oxygen atoms in total. The Morgan fingerprint density at radius 3 is 2.50 bits per heavy atom. The number of rotatable bonds is 10. The lowest BCUT2D eigenvalue weighted by atomic mass is 10.2. The summed E-state index contributed by atoms with van der Waals surface area (Å²) >= 11 is 0. The van der Waals surface area contributed by atoms with E-state index in [0.717, 1.165) is 0 Å². The first-order valence-corrected chi connectivity index (χ1v) is 10.2. The van der Waals surface area contributed by atoms with E-state index in [0.29, 0.717) is 5.69 Å². The second kappa shape index (κ2) is 10.0. The third-order valence-electron chi connectivity index (χ3n) is 2.88. The van der Waals surface area contributed by atoms with Crippen LogP contribution in [0.2, 0.25) is 0 Å². The van der Waals surface area contributed by atoms with Crippen LogP contribution in [0.4, 0.5) is 4.79 Å². The number of carbonyl (C=O) groups excluding carboxylic acids is 1. The predicted molar refractivity (Wildman–Crippen MR) is 94.8 cm³/mol. The molecule has 0 saturated carbocycles. The third-order valence-corrected chi connectivity index (χ3v) is 5.05. The summed E-state index contributed by atoms with van der Waals surface area (Å²) in [5.74, 6) is 0. The molecule has 0 aliphatic heterocycles. The van der Waals surface area contributed by atoms with Crippen LogP contribution in [0.25, 0.3) is 0 Å². The molecule has 1 rings (SSSR count). The number of aromatic nitrogens is 3. The Morgan fingerprint density at radius 1 is 1.35 bits per heavy atom. The van der Waals surface area contributed by atoms with E-state index < -0.39 is 25.4 Å². The van der Waals surface area contributed by atoms with Crippen LogP contribution < -0.4 is 5.32 Å². The van der Waals surface area contributed by atoms with E-state index in [-0.39, 0.29) is 32.5 Å². The quantitative estimate of drug-likeness (QED) is 0.579. The Hall–Kier alpha value is -1.48. The number of aliphatic hydroxyl groups excluding tert-OH is 1. The second-order valence-electron chi connectivity index (χ2n) is 6.57. The highest BCUT2D eigenvalue weighted by atomic mass is 31.2. The Balaban J connectivity index is 2.52. The van der Waals surface area contributed by atoms with Crippen molar-refractivity contribution in [1.29, 1.82) is 0 Å². The predicted octanol–water partition coefficient (Wildman–Crippen LogP) is 1.93. The molecule has 1 aromatic rings. The van der Waals surface area contributed by atoms with Crippen LogP contribution in [0.3, 0.4) is 0 Å². The number of ether oxygens (including phenoxy) is 1. The van der Waals surface area contributed by atoms with Crippen molar-refractivity contribution in [2.45, 2.75) is 59.4 Å². The number of hydrogen-bond donors (Lipinski definition) is 2. The average molecular weight is 392 g/mol. The minimum absolute atomic E-state index is 0.0730. The molecule has 1 atom stereocenters. The Kier molecular flexibility index (Phi) is 8.69. The van der Waals surface area contributed by atoms with Crippen molar-refractivity contribution in [3.63, 3.8) is 0 Å². The monoisotopic (exact) mass is 392 g/mol. The van der Waals surface area contributed by atoms with E-state index in [1.165, 1.54) is 4.68 Å². The molecule has 1 heterocycles. The van der Waals surface area contributed by atoms with Crippen LogP contribution in [0.5, 0.6) is 0 Å². The second-order valence-corrected chi connectivity index (χ2v) is 8.67. The van der Waals surface area contributed by atoms with E-state index in [1.54, 1.807) is 40.8 Å². The number of nitrogens with zero attached hydrogens (tertiary/aromatic N) is 3. The molecule has 2 N–H and O–H groups in total. The van der Waals surface area contributed by atoms with E-state index in [1.807, 2.05) is 0 Å². The maximum absolute atomic E-state index is 12.4. The summed E-state index contributed by atoms with van der Waals surface area (Å²) in [4.78, 5) is 11.6. The van der Waals surface area contributed by atoms with E-state index in [9.17, 15) is 14.5 Å². The number of carbonyl (C=O) groups is 1. The first kappa shape index (κ1) is 22.6. The molecule has 0 radical (unpaired) electrons. The van der Waals surface area contributed by atoms with Gasteiger partial charge in [0, 0.05) is 0 Å². The average Bonchev–Trinajstić information content (AvgIpc) is 2.90. The van der Waals surface area contributed by atoms with Crippen molar-refractivity contribution < 1.29 is 28.3 Å². The van der Waals surface area contributed by atoms with Crippen LogP contribution in [0.15, 0.2) is 6.20 Å². The third kappa shape index (κ3) is 8.75. The summed E-state index contributed by atoms with van der Waals surface area (Å²) in [6, 6.07) is 0. The molecular formula is C15H29N4O6P. The molecule has 11 heteroatoms. The van der Waals surface area contributed by atoms with Crippen molar-refractivity contribution in [3.05, 3.63) is 11.9 Å². The highest BCUT2D eigenvalue weighted by molar-refractivity contribution is 7.53. The van der Waals surface area contributed by atoms with E-state index in [2.05, 4.69) is 15.6 Å². The number of alkyl carbamates (subject to hydrolysis) is 1. The topological polar surface area (TPSA) is 125 Å². The molecule has 0 aliphatic rings. The lowest BCUT2D eigenvalue weighted by Gasteiger charge is -2.19. The molecule has 1 amide bonds. The molecule has 1 unspecified atom stereocenters. The highest BCUT2D eigenvalue weighted by Crippen LogP contribution is 2.48. The molecule has 0 saturated heterocycles. The fraction of sp³-hybridized carbons (Fsp3) is 0.800. The Labute approximate surface area is 153 Å². The van der Waals surface area contributed by atoms with Gasteiger partial charge in [-0.1, -0.05) is 5.21 Å². The summed E-state index contributed by atoms with van der Waals surface area (Å²) in [7, 11) is -3.34. The Morgan fingerprint density at radius 2 is 1.96 bits per heavy atom. The standard InChI is InChI=1S/C15H29N4O6P/c1-6-23-26(22,24-7-2)11-13(20)10-19-9-12(17-18-19)8-16-14(21)25-15(3,4)5/h9,13,20H,6-8,10-11H2,1-5H3,(H,16,21). The van der Waals surface area contributed by atoms with Crippen LogP contribution in [-0.2, 0) is 31.4 Å². The number of hydrogen-bond acceptors (Lipinski definition) is 8. The van der Waals surface area contributed by atoms with E-state index >= 15 is 0 Å². The van der Waals surface area contributed by atoms with Gasteiger partial charge in [0.2, 0.25) is 0 Å². The highest BCUT2D eigenvalue weighted by Gasteiger charge is 2.28. The Bertz CT molecular complexity index is 606. The fourth-order valence-electron chi connectivity index (χ4n) is 2.05. The molecule has 0 spiro atoms.